The predicted octanol–water partition coefficient (Wildman–Crippen LogP) is 3.93. The number of ketones is 1. The van der Waals surface area contributed by atoms with Crippen molar-refractivity contribution in [2.45, 2.75) is 26.7 Å². The van der Waals surface area contributed by atoms with Crippen LogP contribution in [-0.4, -0.2) is 5.78 Å². The van der Waals surface area contributed by atoms with Crippen LogP contribution in [-0.2, 0) is 0 Å². The molecule has 1 heteroatoms. The molecule has 0 amide bonds. The number of hydrogen-bond donors (Lipinski definition) is 0. The molecular formula is C15H16O. The second-order valence-electron chi connectivity index (χ2n) is 4.29. The summed E-state index contributed by atoms with van der Waals surface area (Å²) < 4.78 is 0. The van der Waals surface area contributed by atoms with E-state index in [9.17, 15) is 4.79 Å². The zero-order valence-corrected chi connectivity index (χ0v) is 9.79. The van der Waals surface area contributed by atoms with Gasteiger partial charge in [0.05, 0.1) is 0 Å². The Morgan fingerprint density at radius 3 is 2.44 bits per heavy atom. The standard InChI is InChI=1S/C15H16O/c1-11-8-9-14(12(11)2)10-15(16)13-6-4-3-5-7-13/h3-8H,9-10H2,1-2H3. The fraction of sp³-hybridized carbons (Fsp3) is 0.267. The molecule has 1 aromatic rings. The molecule has 0 heterocycles. The van der Waals surface area contributed by atoms with Gasteiger partial charge < -0.3 is 0 Å². The van der Waals surface area contributed by atoms with Crippen molar-refractivity contribution in [1.29, 1.82) is 0 Å². The molecule has 16 heavy (non-hydrogen) atoms. The zero-order chi connectivity index (χ0) is 11.5. The number of rotatable bonds is 3. The Morgan fingerprint density at radius 2 is 1.88 bits per heavy atom. The number of hydrogen-bond acceptors (Lipinski definition) is 1. The number of Topliss-reactive ketones (excluding diaryl/α,β-unsaturated/α-hetero) is 1. The van der Waals surface area contributed by atoms with E-state index in [1.807, 2.05) is 30.3 Å². The van der Waals surface area contributed by atoms with Gasteiger partial charge in [0.25, 0.3) is 0 Å². The zero-order valence-electron chi connectivity index (χ0n) is 9.79. The summed E-state index contributed by atoms with van der Waals surface area (Å²) in [5.74, 6) is 0.220. The molecule has 1 aromatic carbocycles. The fourth-order valence-corrected chi connectivity index (χ4v) is 1.99. The van der Waals surface area contributed by atoms with Crippen LogP contribution in [0.3, 0.4) is 0 Å². The van der Waals surface area contributed by atoms with E-state index in [1.165, 1.54) is 16.7 Å². The first kappa shape index (κ1) is 10.9. The molecule has 82 valence electrons. The van der Waals surface area contributed by atoms with Crippen molar-refractivity contribution < 1.29 is 4.79 Å². The third-order valence-electron chi connectivity index (χ3n) is 3.25. The van der Waals surface area contributed by atoms with Crippen LogP contribution in [0.15, 0.2) is 53.1 Å². The topological polar surface area (TPSA) is 17.1 Å². The molecule has 0 radical (unpaired) electrons. The van der Waals surface area contributed by atoms with E-state index in [1.54, 1.807) is 0 Å². The van der Waals surface area contributed by atoms with Crippen LogP contribution in [0.5, 0.6) is 0 Å². The first-order chi connectivity index (χ1) is 7.68. The largest absolute Gasteiger partial charge is 0.294 e. The molecule has 1 aliphatic rings. The van der Waals surface area contributed by atoms with Gasteiger partial charge in [0, 0.05) is 12.0 Å². The Bertz CT molecular complexity index is 463. The van der Waals surface area contributed by atoms with E-state index < -0.39 is 0 Å². The Morgan fingerprint density at radius 1 is 1.19 bits per heavy atom. The van der Waals surface area contributed by atoms with E-state index in [2.05, 4.69) is 19.9 Å². The molecule has 0 unspecified atom stereocenters. The minimum Gasteiger partial charge on any atom is -0.294 e. The normalized spacial score (nSPS) is 15.2. The third-order valence-corrected chi connectivity index (χ3v) is 3.25. The molecule has 0 bridgehead atoms. The molecule has 0 aromatic heterocycles. The Hall–Kier alpha value is -1.63. The van der Waals surface area contributed by atoms with Gasteiger partial charge in [-0.2, -0.15) is 0 Å². The molecule has 2 rings (SSSR count). The van der Waals surface area contributed by atoms with Crippen LogP contribution in [0, 0.1) is 0 Å². The second kappa shape index (κ2) is 4.48. The highest BCUT2D eigenvalue weighted by Crippen LogP contribution is 2.28. The van der Waals surface area contributed by atoms with Crippen molar-refractivity contribution in [2.75, 3.05) is 0 Å². The van der Waals surface area contributed by atoms with Crippen LogP contribution in [0.1, 0.15) is 37.0 Å². The maximum absolute atomic E-state index is 12.0. The van der Waals surface area contributed by atoms with Crippen LogP contribution < -0.4 is 0 Å². The van der Waals surface area contributed by atoms with Gasteiger partial charge in [0.15, 0.2) is 5.78 Å². The average Bonchev–Trinajstić information content (AvgIpc) is 2.62. The van der Waals surface area contributed by atoms with Gasteiger partial charge in [-0.05, 0) is 25.8 Å². The van der Waals surface area contributed by atoms with Gasteiger partial charge in [-0.25, -0.2) is 0 Å². The lowest BCUT2D eigenvalue weighted by Gasteiger charge is -2.04. The Kier molecular flexibility index (Phi) is 3.04. The molecular weight excluding hydrogens is 196 g/mol. The van der Waals surface area contributed by atoms with Crippen LogP contribution in [0.2, 0.25) is 0 Å². The van der Waals surface area contributed by atoms with Gasteiger partial charge >= 0.3 is 0 Å². The van der Waals surface area contributed by atoms with Crippen molar-refractivity contribution in [3.8, 4) is 0 Å². The van der Waals surface area contributed by atoms with E-state index in [-0.39, 0.29) is 5.78 Å². The molecule has 0 aliphatic heterocycles. The number of benzene rings is 1. The van der Waals surface area contributed by atoms with Crippen molar-refractivity contribution in [3.05, 3.63) is 58.7 Å². The molecule has 0 fully saturated rings. The first-order valence-corrected chi connectivity index (χ1v) is 5.62. The highest BCUT2D eigenvalue weighted by molar-refractivity contribution is 5.97. The van der Waals surface area contributed by atoms with Gasteiger partial charge in [0.2, 0.25) is 0 Å². The SMILES string of the molecule is CC1=CCC(CC(=O)c2ccccc2)=C1C. The predicted molar refractivity (Wildman–Crippen MR) is 66.5 cm³/mol. The van der Waals surface area contributed by atoms with E-state index >= 15 is 0 Å². The van der Waals surface area contributed by atoms with Crippen molar-refractivity contribution in [1.82, 2.24) is 0 Å². The van der Waals surface area contributed by atoms with Gasteiger partial charge in [-0.3, -0.25) is 4.79 Å². The minimum absolute atomic E-state index is 0.220. The average molecular weight is 212 g/mol. The maximum Gasteiger partial charge on any atom is 0.166 e. The molecule has 0 saturated heterocycles. The quantitative estimate of drug-likeness (QED) is 0.694. The number of allylic oxidation sites excluding steroid dienone is 4. The summed E-state index contributed by atoms with van der Waals surface area (Å²) in [6.07, 6.45) is 3.70. The monoisotopic (exact) mass is 212 g/mol. The summed E-state index contributed by atoms with van der Waals surface area (Å²) in [7, 11) is 0. The van der Waals surface area contributed by atoms with Gasteiger partial charge in [-0.1, -0.05) is 47.6 Å². The number of carbonyl (C=O) groups excluding carboxylic acids is 1. The Balaban J connectivity index is 2.11. The van der Waals surface area contributed by atoms with E-state index in [0.29, 0.717) is 6.42 Å². The lowest BCUT2D eigenvalue weighted by Crippen LogP contribution is -2.00. The smallest absolute Gasteiger partial charge is 0.166 e. The third kappa shape index (κ3) is 2.13. The summed E-state index contributed by atoms with van der Waals surface area (Å²) in [5, 5.41) is 0. The van der Waals surface area contributed by atoms with Crippen LogP contribution in [0.4, 0.5) is 0 Å². The van der Waals surface area contributed by atoms with E-state index in [4.69, 9.17) is 0 Å². The summed E-state index contributed by atoms with van der Waals surface area (Å²) in [5.41, 5.74) is 4.69. The van der Waals surface area contributed by atoms with Crippen molar-refractivity contribution in [2.24, 2.45) is 0 Å². The molecule has 1 nitrogen and oxygen atoms in total. The highest BCUT2D eigenvalue weighted by atomic mass is 16.1. The molecule has 0 atom stereocenters. The summed E-state index contributed by atoms with van der Waals surface area (Å²) in [6.45, 7) is 4.21. The summed E-state index contributed by atoms with van der Waals surface area (Å²) in [6, 6.07) is 9.52. The molecule has 0 spiro atoms. The minimum atomic E-state index is 0.220. The maximum atomic E-state index is 12.0. The molecule has 1 aliphatic carbocycles. The van der Waals surface area contributed by atoms with Gasteiger partial charge in [-0.15, -0.1) is 0 Å². The summed E-state index contributed by atoms with van der Waals surface area (Å²) in [4.78, 5) is 12.0. The first-order valence-electron chi connectivity index (χ1n) is 5.62. The highest BCUT2D eigenvalue weighted by Gasteiger charge is 2.14. The van der Waals surface area contributed by atoms with Gasteiger partial charge in [0.1, 0.15) is 0 Å². The molecule has 0 saturated carbocycles. The van der Waals surface area contributed by atoms with E-state index in [0.717, 1.165) is 12.0 Å². The Labute approximate surface area is 96.5 Å². The van der Waals surface area contributed by atoms with Crippen LogP contribution in [0.25, 0.3) is 0 Å². The molecule has 0 N–H and O–H groups in total. The summed E-state index contributed by atoms with van der Waals surface area (Å²) >= 11 is 0. The second-order valence-corrected chi connectivity index (χ2v) is 4.29. The van der Waals surface area contributed by atoms with Crippen molar-refractivity contribution in [3.63, 3.8) is 0 Å². The van der Waals surface area contributed by atoms with Crippen LogP contribution >= 0.6 is 0 Å². The lowest BCUT2D eigenvalue weighted by molar-refractivity contribution is 0.0992. The fourth-order valence-electron chi connectivity index (χ4n) is 1.99. The number of carbonyl (C=O) groups is 1. The lowest BCUT2D eigenvalue weighted by atomic mass is 9.99. The van der Waals surface area contributed by atoms with Crippen molar-refractivity contribution >= 4 is 5.78 Å².